The summed E-state index contributed by atoms with van der Waals surface area (Å²) in [4.78, 5) is 11.0. The molecular weight excluding hydrogens is 241 g/mol. The number of hydrogen-bond acceptors (Lipinski definition) is 4. The first-order valence-corrected chi connectivity index (χ1v) is 5.07. The number of aromatic nitrogens is 3. The van der Waals surface area contributed by atoms with Crippen LogP contribution in [0.2, 0.25) is 0 Å². The Balaban J connectivity index is 2.58. The zero-order chi connectivity index (χ0) is 13.1. The van der Waals surface area contributed by atoms with Crippen LogP contribution in [-0.2, 0) is 11.3 Å². The van der Waals surface area contributed by atoms with Gasteiger partial charge in [0.05, 0.1) is 6.61 Å². The number of carboxylic acids is 1. The molecule has 1 heterocycles. The van der Waals surface area contributed by atoms with E-state index in [0.29, 0.717) is 0 Å². The number of carbonyl (C=O) groups is 1. The number of rotatable bonds is 4. The summed E-state index contributed by atoms with van der Waals surface area (Å²) in [6, 6.07) is 5.89. The van der Waals surface area contributed by atoms with Crippen molar-refractivity contribution in [2.45, 2.75) is 6.61 Å². The Kier molecular flexibility index (Phi) is 3.33. The molecule has 2 rings (SSSR count). The number of aromatic carboxylic acids is 1. The highest BCUT2D eigenvalue weighted by atomic mass is 19.1. The lowest BCUT2D eigenvalue weighted by atomic mass is 10.2. The first-order chi connectivity index (χ1) is 8.65. The first-order valence-electron chi connectivity index (χ1n) is 5.07. The predicted octanol–water partition coefficient (Wildman–Crippen LogP) is 1.25. The average Bonchev–Trinajstić information content (AvgIpc) is 2.74. The number of carboxylic acid groups (broad SMARTS) is 1. The molecule has 0 atom stereocenters. The van der Waals surface area contributed by atoms with Gasteiger partial charge in [-0.25, -0.2) is 13.9 Å². The van der Waals surface area contributed by atoms with Crippen LogP contribution < -0.4 is 0 Å². The normalized spacial score (nSPS) is 10.6. The van der Waals surface area contributed by atoms with Crippen molar-refractivity contribution in [3.63, 3.8) is 0 Å². The van der Waals surface area contributed by atoms with Crippen molar-refractivity contribution in [2.75, 3.05) is 7.11 Å². The average molecular weight is 251 g/mol. The second-order valence-electron chi connectivity index (χ2n) is 3.49. The van der Waals surface area contributed by atoms with Crippen molar-refractivity contribution >= 4 is 5.97 Å². The van der Waals surface area contributed by atoms with E-state index < -0.39 is 11.8 Å². The minimum Gasteiger partial charge on any atom is -0.476 e. The van der Waals surface area contributed by atoms with Crippen LogP contribution in [0.1, 0.15) is 16.2 Å². The Morgan fingerprint density at radius 3 is 2.83 bits per heavy atom. The van der Waals surface area contributed by atoms with Crippen molar-refractivity contribution in [3.8, 4) is 5.69 Å². The Labute approximate surface area is 102 Å². The summed E-state index contributed by atoms with van der Waals surface area (Å²) in [5.41, 5.74) is 0.0692. The van der Waals surface area contributed by atoms with E-state index in [1.165, 1.54) is 25.3 Å². The molecule has 6 nitrogen and oxygen atoms in total. The summed E-state index contributed by atoms with van der Waals surface area (Å²) in [6.07, 6.45) is 0. The minimum atomic E-state index is -1.23. The van der Waals surface area contributed by atoms with E-state index in [1.54, 1.807) is 6.07 Å². The van der Waals surface area contributed by atoms with Crippen LogP contribution in [0.3, 0.4) is 0 Å². The summed E-state index contributed by atoms with van der Waals surface area (Å²) in [7, 11) is 1.41. The molecule has 0 unspecified atom stereocenters. The summed E-state index contributed by atoms with van der Waals surface area (Å²) in [6.45, 7) is -0.0248. The summed E-state index contributed by atoms with van der Waals surface area (Å²) >= 11 is 0. The molecule has 0 radical (unpaired) electrons. The quantitative estimate of drug-likeness (QED) is 0.884. The van der Waals surface area contributed by atoms with E-state index in [4.69, 9.17) is 9.84 Å². The fourth-order valence-corrected chi connectivity index (χ4v) is 1.55. The molecular formula is C11H10FN3O3. The van der Waals surface area contributed by atoms with Crippen molar-refractivity contribution < 1.29 is 19.0 Å². The van der Waals surface area contributed by atoms with Gasteiger partial charge in [0.2, 0.25) is 0 Å². The molecule has 0 fully saturated rings. The lowest BCUT2D eigenvalue weighted by Gasteiger charge is -2.06. The zero-order valence-electron chi connectivity index (χ0n) is 9.50. The molecule has 94 valence electrons. The van der Waals surface area contributed by atoms with Gasteiger partial charge in [0.1, 0.15) is 17.2 Å². The second-order valence-corrected chi connectivity index (χ2v) is 3.49. The van der Waals surface area contributed by atoms with Crippen LogP contribution in [0.5, 0.6) is 0 Å². The molecule has 0 aliphatic heterocycles. The van der Waals surface area contributed by atoms with Crippen molar-refractivity contribution in [1.29, 1.82) is 0 Å². The topological polar surface area (TPSA) is 77.2 Å². The Morgan fingerprint density at radius 1 is 1.50 bits per heavy atom. The van der Waals surface area contributed by atoms with Gasteiger partial charge in [-0.2, -0.15) is 0 Å². The maximum absolute atomic E-state index is 13.6. The third-order valence-electron chi connectivity index (χ3n) is 2.33. The molecule has 18 heavy (non-hydrogen) atoms. The Hall–Kier alpha value is -2.28. The van der Waals surface area contributed by atoms with Crippen molar-refractivity contribution in [1.82, 2.24) is 15.0 Å². The van der Waals surface area contributed by atoms with Gasteiger partial charge >= 0.3 is 5.97 Å². The molecule has 1 N–H and O–H groups in total. The zero-order valence-corrected chi connectivity index (χ0v) is 9.50. The maximum Gasteiger partial charge on any atom is 0.358 e. The number of methoxy groups -OCH3 is 1. The number of halogens is 1. The molecule has 1 aromatic carbocycles. The molecule has 0 amide bonds. The number of benzene rings is 1. The van der Waals surface area contributed by atoms with E-state index in [0.717, 1.165) is 4.68 Å². The molecule has 0 spiro atoms. The van der Waals surface area contributed by atoms with E-state index >= 15 is 0 Å². The lowest BCUT2D eigenvalue weighted by molar-refractivity contribution is 0.0685. The minimum absolute atomic E-state index is 0.0248. The second kappa shape index (κ2) is 4.92. The molecule has 0 saturated carbocycles. The standard InChI is InChI=1S/C11H10FN3O3/c1-18-6-9-10(11(16)17)13-14-15(9)8-5-3-2-4-7(8)12/h2-5H,6H2,1H3,(H,16,17). The fourth-order valence-electron chi connectivity index (χ4n) is 1.55. The van der Waals surface area contributed by atoms with E-state index in [1.807, 2.05) is 0 Å². The van der Waals surface area contributed by atoms with Gasteiger partial charge in [0.15, 0.2) is 5.69 Å². The van der Waals surface area contributed by atoms with Crippen LogP contribution in [0.25, 0.3) is 5.69 Å². The molecule has 0 aliphatic carbocycles. The fraction of sp³-hybridized carbons (Fsp3) is 0.182. The molecule has 1 aromatic heterocycles. The molecule has 0 aliphatic rings. The van der Waals surface area contributed by atoms with Gasteiger partial charge < -0.3 is 9.84 Å². The van der Waals surface area contributed by atoms with Gasteiger partial charge in [-0.1, -0.05) is 17.3 Å². The summed E-state index contributed by atoms with van der Waals surface area (Å²) in [5.74, 6) is -1.75. The van der Waals surface area contributed by atoms with Crippen LogP contribution in [0.4, 0.5) is 4.39 Å². The van der Waals surface area contributed by atoms with E-state index in [2.05, 4.69) is 10.3 Å². The smallest absolute Gasteiger partial charge is 0.358 e. The van der Waals surface area contributed by atoms with Gasteiger partial charge in [-0.3, -0.25) is 0 Å². The van der Waals surface area contributed by atoms with Gasteiger partial charge in [-0.15, -0.1) is 5.10 Å². The third-order valence-corrected chi connectivity index (χ3v) is 2.33. The predicted molar refractivity (Wildman–Crippen MR) is 59.0 cm³/mol. The number of para-hydroxylation sites is 1. The molecule has 0 saturated heterocycles. The summed E-state index contributed by atoms with van der Waals surface area (Å²) < 4.78 is 19.6. The van der Waals surface area contributed by atoms with Crippen molar-refractivity contribution in [3.05, 3.63) is 41.5 Å². The molecule has 0 bridgehead atoms. The van der Waals surface area contributed by atoms with Crippen molar-refractivity contribution in [2.24, 2.45) is 0 Å². The van der Waals surface area contributed by atoms with Gasteiger partial charge in [-0.05, 0) is 12.1 Å². The number of nitrogens with zero attached hydrogens (tertiary/aromatic N) is 3. The van der Waals surface area contributed by atoms with E-state index in [-0.39, 0.29) is 23.7 Å². The first kappa shape index (κ1) is 12.2. The lowest BCUT2D eigenvalue weighted by Crippen LogP contribution is -2.09. The number of hydrogen-bond donors (Lipinski definition) is 1. The molecule has 7 heteroatoms. The van der Waals surface area contributed by atoms with Crippen LogP contribution in [-0.4, -0.2) is 33.2 Å². The highest BCUT2D eigenvalue weighted by molar-refractivity contribution is 5.86. The third kappa shape index (κ3) is 2.07. The maximum atomic E-state index is 13.6. The Bertz CT molecular complexity index is 583. The number of ether oxygens (including phenoxy) is 1. The highest BCUT2D eigenvalue weighted by Crippen LogP contribution is 2.16. The van der Waals surface area contributed by atoms with Gasteiger partial charge in [0, 0.05) is 7.11 Å². The summed E-state index contributed by atoms with van der Waals surface area (Å²) in [5, 5.41) is 16.1. The molecule has 2 aromatic rings. The van der Waals surface area contributed by atoms with E-state index in [9.17, 15) is 9.18 Å². The van der Waals surface area contributed by atoms with Crippen LogP contribution >= 0.6 is 0 Å². The van der Waals surface area contributed by atoms with Gasteiger partial charge in [0.25, 0.3) is 0 Å². The monoisotopic (exact) mass is 251 g/mol. The highest BCUT2D eigenvalue weighted by Gasteiger charge is 2.20. The van der Waals surface area contributed by atoms with Crippen LogP contribution in [0.15, 0.2) is 24.3 Å². The SMILES string of the molecule is COCc1c(C(=O)O)nnn1-c1ccccc1F. The Morgan fingerprint density at radius 2 is 2.22 bits per heavy atom. The van der Waals surface area contributed by atoms with Crippen LogP contribution in [0, 0.1) is 5.82 Å². The largest absolute Gasteiger partial charge is 0.476 e.